The molecule has 0 aliphatic carbocycles. The number of aliphatic hydroxyl groups is 1. The van der Waals surface area contributed by atoms with Crippen molar-refractivity contribution in [1.29, 1.82) is 0 Å². The van der Waals surface area contributed by atoms with Gasteiger partial charge in [-0.1, -0.05) is 30.3 Å². The van der Waals surface area contributed by atoms with Crippen molar-refractivity contribution in [2.75, 3.05) is 6.54 Å². The SMILES string of the molecule is Cc1ccc(C(O)(CCNC(=O)c2cc(C)n(C(C)c3ccccc3)c2C)C(F)(F)F)o1. The second kappa shape index (κ2) is 8.86. The molecule has 3 rings (SSSR count). The van der Waals surface area contributed by atoms with Crippen LogP contribution in [0.1, 0.15) is 58.2 Å². The van der Waals surface area contributed by atoms with Crippen molar-refractivity contribution in [2.45, 2.75) is 51.9 Å². The average molecular weight is 448 g/mol. The Labute approximate surface area is 184 Å². The third-order valence-corrected chi connectivity index (χ3v) is 5.79. The van der Waals surface area contributed by atoms with E-state index in [0.717, 1.165) is 17.3 Å². The quantitative estimate of drug-likeness (QED) is 0.523. The number of hydrogen-bond donors (Lipinski definition) is 2. The molecule has 0 spiro atoms. The summed E-state index contributed by atoms with van der Waals surface area (Å²) in [6.07, 6.45) is -5.72. The molecule has 0 aliphatic heterocycles. The highest BCUT2D eigenvalue weighted by atomic mass is 19.4. The lowest BCUT2D eigenvalue weighted by molar-refractivity contribution is -0.274. The van der Waals surface area contributed by atoms with Crippen LogP contribution < -0.4 is 5.32 Å². The van der Waals surface area contributed by atoms with E-state index in [4.69, 9.17) is 4.42 Å². The number of alkyl halides is 3. The summed E-state index contributed by atoms with van der Waals surface area (Å²) in [5.74, 6) is -0.830. The molecular weight excluding hydrogens is 421 g/mol. The predicted octanol–water partition coefficient (Wildman–Crippen LogP) is 5.19. The number of benzene rings is 1. The minimum absolute atomic E-state index is 0.0183. The lowest BCUT2D eigenvalue weighted by Gasteiger charge is -2.28. The first-order valence-corrected chi connectivity index (χ1v) is 10.3. The molecule has 32 heavy (non-hydrogen) atoms. The number of rotatable bonds is 7. The highest BCUT2D eigenvalue weighted by molar-refractivity contribution is 5.95. The van der Waals surface area contributed by atoms with Crippen LogP contribution in [0.4, 0.5) is 13.2 Å². The van der Waals surface area contributed by atoms with Crippen LogP contribution in [-0.2, 0) is 5.60 Å². The second-order valence-electron chi connectivity index (χ2n) is 8.02. The van der Waals surface area contributed by atoms with Gasteiger partial charge >= 0.3 is 6.18 Å². The van der Waals surface area contributed by atoms with Crippen molar-refractivity contribution < 1.29 is 27.5 Å². The lowest BCUT2D eigenvalue weighted by Crippen LogP contribution is -2.44. The summed E-state index contributed by atoms with van der Waals surface area (Å²) in [6.45, 7) is 6.82. The largest absolute Gasteiger partial charge is 0.463 e. The first kappa shape index (κ1) is 23.7. The summed E-state index contributed by atoms with van der Waals surface area (Å²) in [5.41, 5.74) is -0.154. The Kier molecular flexibility index (Phi) is 6.55. The first-order chi connectivity index (χ1) is 15.0. The molecule has 0 radical (unpaired) electrons. The third-order valence-electron chi connectivity index (χ3n) is 5.79. The molecule has 2 heterocycles. The maximum Gasteiger partial charge on any atom is 0.424 e. The molecule has 2 unspecified atom stereocenters. The highest BCUT2D eigenvalue weighted by Gasteiger charge is 2.56. The Morgan fingerprint density at radius 1 is 1.12 bits per heavy atom. The van der Waals surface area contributed by atoms with Crippen LogP contribution in [0, 0.1) is 20.8 Å². The summed E-state index contributed by atoms with van der Waals surface area (Å²) in [7, 11) is 0. The Hall–Kier alpha value is -3.00. The number of halogens is 3. The number of hydrogen-bond acceptors (Lipinski definition) is 3. The van der Waals surface area contributed by atoms with Crippen molar-refractivity contribution in [3.8, 4) is 0 Å². The zero-order valence-corrected chi connectivity index (χ0v) is 18.5. The summed E-state index contributed by atoms with van der Waals surface area (Å²) < 4.78 is 47.8. The van der Waals surface area contributed by atoms with Gasteiger partial charge in [-0.2, -0.15) is 13.2 Å². The topological polar surface area (TPSA) is 67.4 Å². The number of nitrogens with one attached hydrogen (secondary N) is 1. The van der Waals surface area contributed by atoms with Crippen molar-refractivity contribution in [2.24, 2.45) is 0 Å². The van der Waals surface area contributed by atoms with Gasteiger partial charge in [0, 0.05) is 24.4 Å². The molecule has 0 saturated heterocycles. The predicted molar refractivity (Wildman–Crippen MR) is 115 cm³/mol. The van der Waals surface area contributed by atoms with Crippen molar-refractivity contribution in [3.63, 3.8) is 0 Å². The molecule has 0 saturated carbocycles. The van der Waals surface area contributed by atoms with Crippen molar-refractivity contribution in [1.82, 2.24) is 9.88 Å². The molecule has 1 amide bonds. The van der Waals surface area contributed by atoms with Crippen LogP contribution in [0.2, 0.25) is 0 Å². The summed E-state index contributed by atoms with van der Waals surface area (Å²) >= 11 is 0. The molecule has 1 aromatic carbocycles. The molecule has 5 nitrogen and oxygen atoms in total. The lowest BCUT2D eigenvalue weighted by atomic mass is 9.95. The summed E-state index contributed by atoms with van der Waals surface area (Å²) in [5, 5.41) is 12.9. The van der Waals surface area contributed by atoms with Gasteiger partial charge in [0.2, 0.25) is 5.60 Å². The van der Waals surface area contributed by atoms with Gasteiger partial charge in [-0.15, -0.1) is 0 Å². The normalized spacial score (nSPS) is 14.8. The molecule has 0 fully saturated rings. The monoisotopic (exact) mass is 448 g/mol. The number of nitrogens with zero attached hydrogens (tertiary/aromatic N) is 1. The van der Waals surface area contributed by atoms with Crippen LogP contribution in [0.3, 0.4) is 0 Å². The van der Waals surface area contributed by atoms with Crippen molar-refractivity contribution in [3.05, 3.63) is 82.6 Å². The maximum atomic E-state index is 13.6. The zero-order valence-electron chi connectivity index (χ0n) is 18.5. The number of carbonyl (C=O) groups is 1. The summed E-state index contributed by atoms with van der Waals surface area (Å²) in [4.78, 5) is 12.8. The fourth-order valence-electron chi connectivity index (χ4n) is 4.00. The maximum absolute atomic E-state index is 13.6. The van der Waals surface area contributed by atoms with Gasteiger partial charge in [0.15, 0.2) is 0 Å². The molecule has 2 N–H and O–H groups in total. The minimum atomic E-state index is -4.96. The Morgan fingerprint density at radius 2 is 1.78 bits per heavy atom. The average Bonchev–Trinajstić information content (AvgIpc) is 3.30. The number of aryl methyl sites for hydroxylation is 2. The summed E-state index contributed by atoms with van der Waals surface area (Å²) in [6, 6.07) is 14.0. The van der Waals surface area contributed by atoms with Crippen LogP contribution in [0.5, 0.6) is 0 Å². The van der Waals surface area contributed by atoms with Gasteiger partial charge in [-0.3, -0.25) is 4.79 Å². The van der Waals surface area contributed by atoms with E-state index in [1.54, 1.807) is 13.0 Å². The molecular formula is C24H27F3N2O3. The van der Waals surface area contributed by atoms with Gasteiger partial charge in [-0.05, 0) is 51.5 Å². The van der Waals surface area contributed by atoms with Gasteiger partial charge < -0.3 is 19.4 Å². The second-order valence-corrected chi connectivity index (χ2v) is 8.02. The Balaban J connectivity index is 1.75. The number of aromatic nitrogens is 1. The molecule has 0 bridgehead atoms. The van der Waals surface area contributed by atoms with E-state index in [1.165, 1.54) is 13.0 Å². The Morgan fingerprint density at radius 3 is 2.34 bits per heavy atom. The standard InChI is InChI=1S/C24H27F3N2O3/c1-15-14-20(18(4)29(15)17(3)19-8-6-5-7-9-19)22(30)28-13-12-23(31,24(25,26)27)21-11-10-16(2)32-21/h5-11,14,17,31H,12-13H2,1-4H3,(H,28,30). The van der Waals surface area contributed by atoms with E-state index in [2.05, 4.69) is 5.32 Å². The van der Waals surface area contributed by atoms with Crippen LogP contribution in [0.25, 0.3) is 0 Å². The Bertz CT molecular complexity index is 1090. The van der Waals surface area contributed by atoms with E-state index in [-0.39, 0.29) is 18.3 Å². The smallest absolute Gasteiger partial charge is 0.424 e. The van der Waals surface area contributed by atoms with Crippen LogP contribution in [-0.4, -0.2) is 28.3 Å². The van der Waals surface area contributed by atoms with Crippen LogP contribution >= 0.6 is 0 Å². The van der Waals surface area contributed by atoms with Gasteiger partial charge in [0.05, 0.1) is 11.6 Å². The van der Waals surface area contributed by atoms with E-state index < -0.39 is 29.9 Å². The van der Waals surface area contributed by atoms with E-state index >= 15 is 0 Å². The third kappa shape index (κ3) is 4.46. The van der Waals surface area contributed by atoms with E-state index in [0.29, 0.717) is 11.3 Å². The van der Waals surface area contributed by atoms with Gasteiger partial charge in [0.1, 0.15) is 11.5 Å². The minimum Gasteiger partial charge on any atom is -0.463 e. The number of carbonyl (C=O) groups excluding carboxylic acids is 1. The molecule has 172 valence electrons. The van der Waals surface area contributed by atoms with Crippen molar-refractivity contribution >= 4 is 5.91 Å². The number of amides is 1. The number of furan rings is 1. The zero-order chi connectivity index (χ0) is 23.7. The molecule has 2 atom stereocenters. The van der Waals surface area contributed by atoms with Gasteiger partial charge in [-0.25, -0.2) is 0 Å². The van der Waals surface area contributed by atoms with E-state index in [1.807, 2.05) is 48.7 Å². The van der Waals surface area contributed by atoms with Crippen LogP contribution in [0.15, 0.2) is 52.9 Å². The fraction of sp³-hybridized carbons (Fsp3) is 0.375. The van der Waals surface area contributed by atoms with Gasteiger partial charge in [0.25, 0.3) is 5.91 Å². The molecule has 3 aromatic rings. The fourth-order valence-corrected chi connectivity index (χ4v) is 4.00. The molecule has 8 heteroatoms. The molecule has 0 aliphatic rings. The molecule has 2 aromatic heterocycles. The highest BCUT2D eigenvalue weighted by Crippen LogP contribution is 2.42. The van der Waals surface area contributed by atoms with E-state index in [9.17, 15) is 23.1 Å². The first-order valence-electron chi connectivity index (χ1n) is 10.3.